The molecule has 106 valence electrons. The van der Waals surface area contributed by atoms with Crippen molar-refractivity contribution < 1.29 is 4.74 Å². The van der Waals surface area contributed by atoms with Crippen molar-refractivity contribution in [2.24, 2.45) is 0 Å². The average molecular weight is 293 g/mol. The zero-order valence-electron chi connectivity index (χ0n) is 11.0. The molecule has 20 heavy (non-hydrogen) atoms. The van der Waals surface area contributed by atoms with Crippen LogP contribution < -0.4 is 16.2 Å². The van der Waals surface area contributed by atoms with Gasteiger partial charge in [0.1, 0.15) is 5.03 Å². The third-order valence-corrected chi connectivity index (χ3v) is 3.83. The summed E-state index contributed by atoms with van der Waals surface area (Å²) < 4.78 is 7.05. The van der Waals surface area contributed by atoms with Crippen molar-refractivity contribution in [3.8, 4) is 5.88 Å². The Balaban J connectivity index is 1.88. The van der Waals surface area contributed by atoms with Gasteiger partial charge in [0, 0.05) is 6.04 Å². The van der Waals surface area contributed by atoms with Crippen LogP contribution in [0.1, 0.15) is 25.8 Å². The highest BCUT2D eigenvalue weighted by Crippen LogP contribution is 2.37. The molecule has 2 heterocycles. The fraction of sp³-hybridized carbons (Fsp3) is 0.417. The molecule has 0 unspecified atom stereocenters. The van der Waals surface area contributed by atoms with Gasteiger partial charge in [-0.1, -0.05) is 0 Å². The van der Waals surface area contributed by atoms with E-state index in [-0.39, 0.29) is 11.7 Å². The van der Waals surface area contributed by atoms with Gasteiger partial charge in [-0.2, -0.15) is 0 Å². The lowest BCUT2D eigenvalue weighted by atomic mass is 10.4. The Kier molecular flexibility index (Phi) is 3.39. The highest BCUT2D eigenvalue weighted by molar-refractivity contribution is 7.99. The van der Waals surface area contributed by atoms with Crippen LogP contribution in [-0.4, -0.2) is 26.4 Å². The number of nitrogen functional groups attached to an aromatic ring is 1. The summed E-state index contributed by atoms with van der Waals surface area (Å²) >= 11 is 1.33. The molecule has 1 saturated carbocycles. The second-order valence-electron chi connectivity index (χ2n) is 4.49. The second-order valence-corrected chi connectivity index (χ2v) is 5.48. The van der Waals surface area contributed by atoms with Gasteiger partial charge in [-0.15, -0.1) is 5.10 Å². The van der Waals surface area contributed by atoms with Crippen molar-refractivity contribution in [1.29, 1.82) is 0 Å². The first-order valence-corrected chi connectivity index (χ1v) is 7.24. The Morgan fingerprint density at radius 3 is 3.05 bits per heavy atom. The molecule has 0 bridgehead atoms. The largest absolute Gasteiger partial charge is 0.476 e. The SMILES string of the molecule is CCOc1nc(Sc2n[nH]c(=O)n2C2CC2)ccc1N. The molecule has 2 aromatic heterocycles. The quantitative estimate of drug-likeness (QED) is 0.865. The monoisotopic (exact) mass is 293 g/mol. The lowest BCUT2D eigenvalue weighted by Gasteiger charge is -2.07. The smallest absolute Gasteiger partial charge is 0.344 e. The van der Waals surface area contributed by atoms with Gasteiger partial charge in [-0.3, -0.25) is 4.57 Å². The van der Waals surface area contributed by atoms with Crippen LogP contribution in [0.2, 0.25) is 0 Å². The van der Waals surface area contributed by atoms with Crippen LogP contribution in [0.3, 0.4) is 0 Å². The third kappa shape index (κ3) is 2.51. The second kappa shape index (κ2) is 5.20. The van der Waals surface area contributed by atoms with E-state index >= 15 is 0 Å². The normalized spacial score (nSPS) is 14.4. The van der Waals surface area contributed by atoms with Gasteiger partial charge in [-0.05, 0) is 43.7 Å². The number of aromatic nitrogens is 4. The molecule has 0 atom stereocenters. The lowest BCUT2D eigenvalue weighted by molar-refractivity contribution is 0.326. The van der Waals surface area contributed by atoms with E-state index < -0.39 is 0 Å². The maximum absolute atomic E-state index is 11.7. The first-order valence-electron chi connectivity index (χ1n) is 6.43. The average Bonchev–Trinajstić information content (AvgIpc) is 3.19. The summed E-state index contributed by atoms with van der Waals surface area (Å²) in [4.78, 5) is 16.0. The van der Waals surface area contributed by atoms with Crippen molar-refractivity contribution in [2.45, 2.75) is 36.0 Å². The van der Waals surface area contributed by atoms with Crippen molar-refractivity contribution in [3.63, 3.8) is 0 Å². The van der Waals surface area contributed by atoms with Crippen molar-refractivity contribution in [3.05, 3.63) is 22.6 Å². The van der Waals surface area contributed by atoms with Crippen LogP contribution >= 0.6 is 11.8 Å². The summed E-state index contributed by atoms with van der Waals surface area (Å²) in [5.74, 6) is 0.411. The fourth-order valence-electron chi connectivity index (χ4n) is 1.85. The van der Waals surface area contributed by atoms with E-state index in [1.807, 2.05) is 6.92 Å². The van der Waals surface area contributed by atoms with Crippen LogP contribution in [0.25, 0.3) is 0 Å². The molecule has 1 fully saturated rings. The molecule has 0 amide bonds. The van der Waals surface area contributed by atoms with Gasteiger partial charge in [0.05, 0.1) is 12.3 Å². The van der Waals surface area contributed by atoms with Gasteiger partial charge in [0.2, 0.25) is 5.88 Å². The van der Waals surface area contributed by atoms with Crippen molar-refractivity contribution >= 4 is 17.4 Å². The summed E-state index contributed by atoms with van der Waals surface area (Å²) in [6.07, 6.45) is 2.04. The first kappa shape index (κ1) is 13.0. The fourth-order valence-corrected chi connectivity index (χ4v) is 2.73. The van der Waals surface area contributed by atoms with Crippen molar-refractivity contribution in [2.75, 3.05) is 12.3 Å². The summed E-state index contributed by atoms with van der Waals surface area (Å²) in [5, 5.41) is 7.85. The number of hydrogen-bond acceptors (Lipinski definition) is 6. The van der Waals surface area contributed by atoms with E-state index in [2.05, 4.69) is 15.2 Å². The number of hydrogen-bond donors (Lipinski definition) is 2. The van der Waals surface area contributed by atoms with E-state index in [9.17, 15) is 4.79 Å². The summed E-state index contributed by atoms with van der Waals surface area (Å²) in [5.41, 5.74) is 6.11. The van der Waals surface area contributed by atoms with Crippen LogP contribution in [0.15, 0.2) is 27.1 Å². The van der Waals surface area contributed by atoms with Gasteiger partial charge in [-0.25, -0.2) is 14.9 Å². The molecule has 8 heteroatoms. The summed E-state index contributed by atoms with van der Waals surface area (Å²) in [6.45, 7) is 2.37. The summed E-state index contributed by atoms with van der Waals surface area (Å²) in [7, 11) is 0. The number of nitrogens with two attached hydrogens (primary N) is 1. The molecule has 0 spiro atoms. The minimum absolute atomic E-state index is 0.171. The summed E-state index contributed by atoms with van der Waals surface area (Å²) in [6, 6.07) is 3.80. The Morgan fingerprint density at radius 1 is 1.55 bits per heavy atom. The predicted octanol–water partition coefficient (Wildman–Crippen LogP) is 1.43. The molecule has 2 aromatic rings. The van der Waals surface area contributed by atoms with E-state index in [1.54, 1.807) is 16.7 Å². The number of nitrogens with zero attached hydrogens (tertiary/aromatic N) is 3. The Labute approximate surface area is 119 Å². The number of rotatable bonds is 5. The number of anilines is 1. The van der Waals surface area contributed by atoms with Gasteiger partial charge >= 0.3 is 5.69 Å². The minimum Gasteiger partial charge on any atom is -0.476 e. The van der Waals surface area contributed by atoms with Gasteiger partial charge in [0.25, 0.3) is 0 Å². The zero-order valence-corrected chi connectivity index (χ0v) is 11.8. The molecule has 3 N–H and O–H groups in total. The third-order valence-electron chi connectivity index (χ3n) is 2.93. The van der Waals surface area contributed by atoms with Crippen LogP contribution in [0.5, 0.6) is 5.88 Å². The highest BCUT2D eigenvalue weighted by atomic mass is 32.2. The van der Waals surface area contributed by atoms with E-state index in [0.717, 1.165) is 12.8 Å². The molecule has 0 aromatic carbocycles. The molecule has 3 rings (SSSR count). The maximum Gasteiger partial charge on any atom is 0.344 e. The van der Waals surface area contributed by atoms with Crippen LogP contribution in [-0.2, 0) is 0 Å². The van der Waals surface area contributed by atoms with E-state index in [0.29, 0.717) is 28.4 Å². The standard InChI is InChI=1S/C12H15N5O2S/c1-2-19-10-8(13)5-6-9(14-10)20-12-16-15-11(18)17(12)7-3-4-7/h5-7H,2-4,13H2,1H3,(H,15,18). The zero-order chi connectivity index (χ0) is 14.1. The first-order chi connectivity index (χ1) is 9.69. The molecular weight excluding hydrogens is 278 g/mol. The van der Waals surface area contributed by atoms with Gasteiger partial charge in [0.15, 0.2) is 5.16 Å². The Hall–Kier alpha value is -1.96. The number of aromatic amines is 1. The topological polar surface area (TPSA) is 98.8 Å². The van der Waals surface area contributed by atoms with Crippen LogP contribution in [0, 0.1) is 0 Å². The van der Waals surface area contributed by atoms with Gasteiger partial charge < -0.3 is 10.5 Å². The van der Waals surface area contributed by atoms with Crippen LogP contribution in [0.4, 0.5) is 5.69 Å². The lowest BCUT2D eigenvalue weighted by Crippen LogP contribution is -2.16. The molecule has 0 saturated heterocycles. The highest BCUT2D eigenvalue weighted by Gasteiger charge is 2.28. The number of H-pyrrole nitrogens is 1. The van der Waals surface area contributed by atoms with E-state index in [4.69, 9.17) is 10.5 Å². The van der Waals surface area contributed by atoms with E-state index in [1.165, 1.54) is 11.8 Å². The molecule has 7 nitrogen and oxygen atoms in total. The Bertz CT molecular complexity index is 677. The number of nitrogens with one attached hydrogen (secondary N) is 1. The molecule has 1 aliphatic carbocycles. The van der Waals surface area contributed by atoms with Crippen molar-refractivity contribution in [1.82, 2.24) is 19.7 Å². The molecule has 1 aliphatic rings. The molecule has 0 radical (unpaired) electrons. The Morgan fingerprint density at radius 2 is 2.35 bits per heavy atom. The molecule has 0 aliphatic heterocycles. The maximum atomic E-state index is 11.7. The molecular formula is C12H15N5O2S. The number of pyridine rings is 1. The predicted molar refractivity (Wildman–Crippen MR) is 75.1 cm³/mol. The number of ether oxygens (including phenoxy) is 1. The minimum atomic E-state index is -0.171.